The molecule has 15 heavy (non-hydrogen) atoms. The van der Waals surface area contributed by atoms with Crippen molar-refractivity contribution in [2.24, 2.45) is 0 Å². The maximum absolute atomic E-state index is 10.8. The maximum Gasteiger partial charge on any atom is 0.166 e. The minimum Gasteiger partial charge on any atom is -0.385 e. The molecular formula is C8H18N2O3S2. The Morgan fingerprint density at radius 3 is 2.47 bits per heavy atom. The normalized spacial score (nSPS) is 11.1. The van der Waals surface area contributed by atoms with Crippen molar-refractivity contribution in [3.8, 4) is 0 Å². The molecule has 0 heterocycles. The van der Waals surface area contributed by atoms with Crippen LogP contribution in [0.5, 0.6) is 0 Å². The highest BCUT2D eigenvalue weighted by atomic mass is 32.2. The van der Waals surface area contributed by atoms with Gasteiger partial charge in [-0.3, -0.25) is 0 Å². The third-order valence-corrected chi connectivity index (χ3v) is 2.80. The van der Waals surface area contributed by atoms with E-state index in [0.717, 1.165) is 13.0 Å². The van der Waals surface area contributed by atoms with Crippen LogP contribution in [0, 0.1) is 0 Å². The van der Waals surface area contributed by atoms with Crippen LogP contribution in [0.2, 0.25) is 0 Å². The van der Waals surface area contributed by atoms with E-state index in [9.17, 15) is 8.42 Å². The van der Waals surface area contributed by atoms with Gasteiger partial charge in [0.2, 0.25) is 0 Å². The molecule has 2 N–H and O–H groups in total. The Bertz CT molecular complexity index is 278. The third-order valence-electron chi connectivity index (χ3n) is 1.57. The molecule has 0 bridgehead atoms. The molecule has 0 aromatic carbocycles. The molecule has 0 atom stereocenters. The molecule has 0 spiro atoms. The first-order chi connectivity index (χ1) is 6.95. The van der Waals surface area contributed by atoms with Crippen molar-refractivity contribution in [1.29, 1.82) is 0 Å². The van der Waals surface area contributed by atoms with E-state index >= 15 is 0 Å². The van der Waals surface area contributed by atoms with E-state index in [-0.39, 0.29) is 5.75 Å². The van der Waals surface area contributed by atoms with E-state index in [1.807, 2.05) is 0 Å². The van der Waals surface area contributed by atoms with Gasteiger partial charge in [0.25, 0.3) is 0 Å². The Hall–Kier alpha value is -0.400. The fraction of sp³-hybridized carbons (Fsp3) is 0.875. The van der Waals surface area contributed by atoms with E-state index in [1.54, 1.807) is 7.11 Å². The number of sulfone groups is 1. The van der Waals surface area contributed by atoms with Gasteiger partial charge in [-0.2, -0.15) is 0 Å². The summed E-state index contributed by atoms with van der Waals surface area (Å²) < 4.78 is 26.4. The lowest BCUT2D eigenvalue weighted by molar-refractivity contribution is 0.195. The molecule has 0 aromatic rings. The number of rotatable bonds is 7. The Kier molecular flexibility index (Phi) is 7.63. The number of hydrogen-bond donors (Lipinski definition) is 2. The molecule has 90 valence electrons. The van der Waals surface area contributed by atoms with Gasteiger partial charge in [-0.15, -0.1) is 0 Å². The van der Waals surface area contributed by atoms with Crippen molar-refractivity contribution in [2.75, 3.05) is 38.8 Å². The summed E-state index contributed by atoms with van der Waals surface area (Å²) in [5, 5.41) is 6.25. The number of nitrogens with one attached hydrogen (secondary N) is 2. The van der Waals surface area contributed by atoms with Gasteiger partial charge in [0, 0.05) is 33.1 Å². The van der Waals surface area contributed by atoms with Crippen molar-refractivity contribution in [2.45, 2.75) is 6.42 Å². The zero-order chi connectivity index (χ0) is 11.7. The summed E-state index contributed by atoms with van der Waals surface area (Å²) >= 11 is 4.93. The largest absolute Gasteiger partial charge is 0.385 e. The summed E-state index contributed by atoms with van der Waals surface area (Å²) in [6.45, 7) is 1.74. The maximum atomic E-state index is 10.8. The first-order valence-electron chi connectivity index (χ1n) is 4.64. The summed E-state index contributed by atoms with van der Waals surface area (Å²) in [6.07, 6.45) is 2.06. The minimum absolute atomic E-state index is 0.0902. The molecule has 0 saturated carbocycles. The molecule has 5 nitrogen and oxygen atoms in total. The molecule has 0 unspecified atom stereocenters. The van der Waals surface area contributed by atoms with E-state index in [4.69, 9.17) is 17.0 Å². The van der Waals surface area contributed by atoms with Gasteiger partial charge >= 0.3 is 0 Å². The third kappa shape index (κ3) is 11.5. The van der Waals surface area contributed by atoms with Crippen LogP contribution in [0.1, 0.15) is 6.42 Å². The second kappa shape index (κ2) is 7.84. The topological polar surface area (TPSA) is 67.4 Å². The van der Waals surface area contributed by atoms with Gasteiger partial charge in [-0.1, -0.05) is 0 Å². The van der Waals surface area contributed by atoms with E-state index < -0.39 is 9.84 Å². The van der Waals surface area contributed by atoms with Gasteiger partial charge in [0.1, 0.15) is 9.84 Å². The fourth-order valence-corrected chi connectivity index (χ4v) is 1.51. The van der Waals surface area contributed by atoms with E-state index in [1.165, 1.54) is 6.26 Å². The predicted molar refractivity (Wildman–Crippen MR) is 64.8 cm³/mol. The Balaban J connectivity index is 3.42. The number of hydrogen-bond acceptors (Lipinski definition) is 4. The van der Waals surface area contributed by atoms with Gasteiger partial charge in [0.05, 0.1) is 5.75 Å². The quantitative estimate of drug-likeness (QED) is 0.473. The van der Waals surface area contributed by atoms with Gasteiger partial charge in [-0.25, -0.2) is 8.42 Å². The van der Waals surface area contributed by atoms with Crippen molar-refractivity contribution in [3.63, 3.8) is 0 Å². The van der Waals surface area contributed by atoms with Crippen molar-refractivity contribution in [3.05, 3.63) is 0 Å². The van der Waals surface area contributed by atoms with Crippen molar-refractivity contribution >= 4 is 27.2 Å². The zero-order valence-electron chi connectivity index (χ0n) is 9.08. The van der Waals surface area contributed by atoms with Crippen molar-refractivity contribution in [1.82, 2.24) is 10.6 Å². The number of thiocarbonyl (C=S) groups is 1. The molecule has 7 heteroatoms. The number of methoxy groups -OCH3 is 1. The summed E-state index contributed by atoms with van der Waals surface area (Å²) in [5.41, 5.74) is 0. The molecule has 0 aliphatic carbocycles. The highest BCUT2D eigenvalue weighted by molar-refractivity contribution is 7.90. The standard InChI is InChI=1S/C8H18N2O3S2/c1-13-6-3-4-9-8(14)10-5-7-15(2,11)12/h3-7H2,1-2H3,(H2,9,10,14). The summed E-state index contributed by atoms with van der Waals surface area (Å²) in [7, 11) is -1.28. The summed E-state index contributed by atoms with van der Waals surface area (Å²) in [6, 6.07) is 0. The van der Waals surface area contributed by atoms with Gasteiger partial charge < -0.3 is 15.4 Å². The average molecular weight is 254 g/mol. The van der Waals surface area contributed by atoms with Crippen LogP contribution in [0.15, 0.2) is 0 Å². The lowest BCUT2D eigenvalue weighted by atomic mass is 10.4. The van der Waals surface area contributed by atoms with E-state index in [2.05, 4.69) is 10.6 Å². The molecule has 0 rings (SSSR count). The first kappa shape index (κ1) is 14.6. The van der Waals surface area contributed by atoms with Crippen LogP contribution in [0.25, 0.3) is 0 Å². The number of ether oxygens (including phenoxy) is 1. The van der Waals surface area contributed by atoms with E-state index in [0.29, 0.717) is 18.3 Å². The molecule has 0 aliphatic heterocycles. The van der Waals surface area contributed by atoms with Crippen LogP contribution in [-0.4, -0.2) is 52.3 Å². The second-order valence-corrected chi connectivity index (χ2v) is 5.83. The van der Waals surface area contributed by atoms with Crippen LogP contribution < -0.4 is 10.6 Å². The highest BCUT2D eigenvalue weighted by Gasteiger charge is 2.01. The van der Waals surface area contributed by atoms with Crippen LogP contribution >= 0.6 is 12.2 Å². The summed E-state index contributed by atoms with van der Waals surface area (Å²) in [4.78, 5) is 0. The Labute approximate surface area is 96.5 Å². The smallest absolute Gasteiger partial charge is 0.166 e. The Morgan fingerprint density at radius 2 is 1.93 bits per heavy atom. The molecule has 0 radical (unpaired) electrons. The molecule has 0 aliphatic rings. The van der Waals surface area contributed by atoms with Crippen molar-refractivity contribution < 1.29 is 13.2 Å². The monoisotopic (exact) mass is 254 g/mol. The second-order valence-electron chi connectivity index (χ2n) is 3.16. The summed E-state index contributed by atoms with van der Waals surface area (Å²) in [5.74, 6) is 0.0902. The van der Waals surface area contributed by atoms with Crippen LogP contribution in [-0.2, 0) is 14.6 Å². The fourth-order valence-electron chi connectivity index (χ4n) is 0.831. The minimum atomic E-state index is -2.92. The molecule has 0 amide bonds. The zero-order valence-corrected chi connectivity index (χ0v) is 10.7. The highest BCUT2D eigenvalue weighted by Crippen LogP contribution is 1.81. The Morgan fingerprint density at radius 1 is 1.33 bits per heavy atom. The molecule has 0 fully saturated rings. The SMILES string of the molecule is COCCCNC(=S)NCCS(C)(=O)=O. The molecule has 0 aromatic heterocycles. The van der Waals surface area contributed by atoms with Gasteiger partial charge in [-0.05, 0) is 18.6 Å². The lowest BCUT2D eigenvalue weighted by Crippen LogP contribution is -2.38. The molecular weight excluding hydrogens is 236 g/mol. The predicted octanol–water partition coefficient (Wildman–Crippen LogP) is -0.468. The lowest BCUT2D eigenvalue weighted by Gasteiger charge is -2.09. The van der Waals surface area contributed by atoms with Crippen LogP contribution in [0.4, 0.5) is 0 Å². The van der Waals surface area contributed by atoms with Gasteiger partial charge in [0.15, 0.2) is 5.11 Å². The first-order valence-corrected chi connectivity index (χ1v) is 7.11. The average Bonchev–Trinajstić information content (AvgIpc) is 2.10. The molecule has 0 saturated heterocycles. The van der Waals surface area contributed by atoms with Crippen LogP contribution in [0.3, 0.4) is 0 Å².